The first-order valence-corrected chi connectivity index (χ1v) is 4.43. The van der Waals surface area contributed by atoms with Crippen LogP contribution in [0.4, 0.5) is 14.6 Å². The Morgan fingerprint density at radius 1 is 1.56 bits per heavy atom. The average molecular weight is 231 g/mol. The van der Waals surface area contributed by atoms with E-state index in [1.165, 1.54) is 0 Å². The SMILES string of the molecule is NCc1nc(N)c(CC(=O)O)cc1C(F)F. The molecule has 0 radical (unpaired) electrons. The molecule has 1 heterocycles. The summed E-state index contributed by atoms with van der Waals surface area (Å²) in [4.78, 5) is 14.1. The van der Waals surface area contributed by atoms with Crippen LogP contribution in [0.25, 0.3) is 0 Å². The summed E-state index contributed by atoms with van der Waals surface area (Å²) in [6.45, 7) is -0.169. The molecular weight excluding hydrogens is 220 g/mol. The van der Waals surface area contributed by atoms with Gasteiger partial charge in [0, 0.05) is 17.7 Å². The lowest BCUT2D eigenvalue weighted by atomic mass is 10.1. The van der Waals surface area contributed by atoms with Gasteiger partial charge in [0.25, 0.3) is 6.43 Å². The summed E-state index contributed by atoms with van der Waals surface area (Å²) in [6, 6.07) is 1.04. The molecule has 88 valence electrons. The number of hydrogen-bond acceptors (Lipinski definition) is 4. The number of rotatable bonds is 4. The summed E-state index contributed by atoms with van der Waals surface area (Å²) in [5, 5.41) is 8.55. The first kappa shape index (κ1) is 12.3. The normalized spacial score (nSPS) is 10.8. The minimum absolute atomic E-state index is 0.0124. The first-order valence-electron chi connectivity index (χ1n) is 4.43. The molecule has 0 bridgehead atoms. The third kappa shape index (κ3) is 2.63. The molecule has 0 saturated heterocycles. The Labute approximate surface area is 90.1 Å². The van der Waals surface area contributed by atoms with Crippen LogP contribution in [0.15, 0.2) is 6.07 Å². The van der Waals surface area contributed by atoms with Crippen LogP contribution in [-0.2, 0) is 17.8 Å². The maximum atomic E-state index is 12.6. The smallest absolute Gasteiger partial charge is 0.307 e. The molecule has 0 aliphatic rings. The van der Waals surface area contributed by atoms with E-state index < -0.39 is 18.8 Å². The number of pyridine rings is 1. The van der Waals surface area contributed by atoms with E-state index in [0.29, 0.717) is 0 Å². The Bertz CT molecular complexity index is 410. The second-order valence-corrected chi connectivity index (χ2v) is 3.14. The number of carbonyl (C=O) groups is 1. The topological polar surface area (TPSA) is 102 Å². The minimum atomic E-state index is -2.75. The second-order valence-electron chi connectivity index (χ2n) is 3.14. The Kier molecular flexibility index (Phi) is 3.73. The van der Waals surface area contributed by atoms with Crippen LogP contribution in [0.5, 0.6) is 0 Å². The van der Waals surface area contributed by atoms with Gasteiger partial charge in [-0.25, -0.2) is 13.8 Å². The Morgan fingerprint density at radius 3 is 2.62 bits per heavy atom. The number of carboxylic acid groups (broad SMARTS) is 1. The van der Waals surface area contributed by atoms with E-state index >= 15 is 0 Å². The zero-order valence-electron chi connectivity index (χ0n) is 8.28. The van der Waals surface area contributed by atoms with Crippen molar-refractivity contribution in [2.24, 2.45) is 5.73 Å². The van der Waals surface area contributed by atoms with Crippen LogP contribution < -0.4 is 11.5 Å². The summed E-state index contributed by atoms with van der Waals surface area (Å²) in [7, 11) is 0. The summed E-state index contributed by atoms with van der Waals surface area (Å²) in [5.74, 6) is -1.23. The van der Waals surface area contributed by atoms with Gasteiger partial charge in [0.15, 0.2) is 0 Å². The van der Waals surface area contributed by atoms with Crippen molar-refractivity contribution < 1.29 is 18.7 Å². The fraction of sp³-hybridized carbons (Fsp3) is 0.333. The average Bonchev–Trinajstić information content (AvgIpc) is 2.19. The molecule has 0 unspecified atom stereocenters. The molecule has 7 heteroatoms. The fourth-order valence-corrected chi connectivity index (χ4v) is 1.28. The summed E-state index contributed by atoms with van der Waals surface area (Å²) in [5.41, 5.74) is 10.4. The van der Waals surface area contributed by atoms with E-state index in [9.17, 15) is 13.6 Å². The number of aliphatic carboxylic acids is 1. The number of aromatic nitrogens is 1. The largest absolute Gasteiger partial charge is 0.481 e. The Hall–Kier alpha value is -1.76. The molecule has 16 heavy (non-hydrogen) atoms. The van der Waals surface area contributed by atoms with E-state index in [1.807, 2.05) is 0 Å². The number of nitrogen functional groups attached to an aromatic ring is 1. The molecule has 0 saturated carbocycles. The molecule has 0 spiro atoms. The molecule has 5 N–H and O–H groups in total. The molecule has 1 rings (SSSR count). The number of carboxylic acids is 1. The van der Waals surface area contributed by atoms with Crippen LogP contribution in [-0.4, -0.2) is 16.1 Å². The first-order chi connectivity index (χ1) is 7.45. The number of halogens is 2. The van der Waals surface area contributed by atoms with Gasteiger partial charge >= 0.3 is 5.97 Å². The van der Waals surface area contributed by atoms with Crippen molar-refractivity contribution in [1.82, 2.24) is 4.98 Å². The number of nitrogens with zero attached hydrogens (tertiary/aromatic N) is 1. The second kappa shape index (κ2) is 4.84. The van der Waals surface area contributed by atoms with Crippen LogP contribution in [0.3, 0.4) is 0 Å². The number of alkyl halides is 2. The van der Waals surface area contributed by atoms with Crippen LogP contribution in [0, 0.1) is 0 Å². The molecule has 0 fully saturated rings. The third-order valence-electron chi connectivity index (χ3n) is 2.02. The number of nitrogens with two attached hydrogens (primary N) is 2. The zero-order valence-corrected chi connectivity index (χ0v) is 8.28. The van der Waals surface area contributed by atoms with Crippen LogP contribution >= 0.6 is 0 Å². The van der Waals surface area contributed by atoms with Crippen LogP contribution in [0.1, 0.15) is 23.2 Å². The fourth-order valence-electron chi connectivity index (χ4n) is 1.28. The molecule has 0 amide bonds. The van der Waals surface area contributed by atoms with Crippen LogP contribution in [0.2, 0.25) is 0 Å². The van der Waals surface area contributed by atoms with Gasteiger partial charge in [-0.3, -0.25) is 4.79 Å². The molecule has 0 atom stereocenters. The monoisotopic (exact) mass is 231 g/mol. The van der Waals surface area contributed by atoms with Gasteiger partial charge in [0.2, 0.25) is 0 Å². The third-order valence-corrected chi connectivity index (χ3v) is 2.02. The Balaban J connectivity index is 3.21. The lowest BCUT2D eigenvalue weighted by Crippen LogP contribution is -2.12. The van der Waals surface area contributed by atoms with Gasteiger partial charge < -0.3 is 16.6 Å². The van der Waals surface area contributed by atoms with Crippen molar-refractivity contribution in [3.63, 3.8) is 0 Å². The zero-order chi connectivity index (χ0) is 12.3. The van der Waals surface area contributed by atoms with E-state index in [0.717, 1.165) is 6.07 Å². The molecule has 1 aromatic heterocycles. The molecular formula is C9H11F2N3O2. The summed E-state index contributed by atoms with van der Waals surface area (Å²) in [6.07, 6.45) is -3.19. The van der Waals surface area contributed by atoms with Gasteiger partial charge in [0.1, 0.15) is 5.82 Å². The van der Waals surface area contributed by atoms with Gasteiger partial charge in [0.05, 0.1) is 12.1 Å². The predicted octanol–water partition coefficient (Wildman–Crippen LogP) is 0.687. The molecule has 0 aliphatic carbocycles. The van der Waals surface area contributed by atoms with E-state index in [-0.39, 0.29) is 29.2 Å². The highest BCUT2D eigenvalue weighted by Crippen LogP contribution is 2.25. The van der Waals surface area contributed by atoms with E-state index in [4.69, 9.17) is 16.6 Å². The maximum absolute atomic E-state index is 12.6. The van der Waals surface area contributed by atoms with E-state index in [1.54, 1.807) is 0 Å². The van der Waals surface area contributed by atoms with Crippen molar-refractivity contribution in [1.29, 1.82) is 0 Å². The van der Waals surface area contributed by atoms with Crippen molar-refractivity contribution in [2.75, 3.05) is 5.73 Å². The van der Waals surface area contributed by atoms with Crippen molar-refractivity contribution in [2.45, 2.75) is 19.4 Å². The number of anilines is 1. The van der Waals surface area contributed by atoms with Gasteiger partial charge in [-0.05, 0) is 6.07 Å². The molecule has 1 aromatic rings. The van der Waals surface area contributed by atoms with Gasteiger partial charge in [-0.2, -0.15) is 0 Å². The maximum Gasteiger partial charge on any atom is 0.307 e. The number of hydrogen-bond donors (Lipinski definition) is 3. The Morgan fingerprint density at radius 2 is 2.19 bits per heavy atom. The van der Waals surface area contributed by atoms with Gasteiger partial charge in [-0.15, -0.1) is 0 Å². The molecule has 0 aliphatic heterocycles. The predicted molar refractivity (Wildman–Crippen MR) is 52.8 cm³/mol. The quantitative estimate of drug-likeness (QED) is 0.707. The molecule has 5 nitrogen and oxygen atoms in total. The van der Waals surface area contributed by atoms with Gasteiger partial charge in [-0.1, -0.05) is 0 Å². The highest BCUT2D eigenvalue weighted by atomic mass is 19.3. The highest BCUT2D eigenvalue weighted by molar-refractivity contribution is 5.72. The lowest BCUT2D eigenvalue weighted by molar-refractivity contribution is -0.136. The lowest BCUT2D eigenvalue weighted by Gasteiger charge is -2.10. The van der Waals surface area contributed by atoms with Crippen molar-refractivity contribution >= 4 is 11.8 Å². The van der Waals surface area contributed by atoms with E-state index in [2.05, 4.69) is 4.98 Å². The minimum Gasteiger partial charge on any atom is -0.481 e. The van der Waals surface area contributed by atoms with Crippen molar-refractivity contribution in [3.05, 3.63) is 22.9 Å². The summed E-state index contributed by atoms with van der Waals surface area (Å²) < 4.78 is 25.2. The standard InChI is InChI=1S/C9H11F2N3O2/c10-8(11)5-1-4(2-7(15)16)9(13)14-6(5)3-12/h1,8H,2-3,12H2,(H2,13,14)(H,15,16). The summed E-state index contributed by atoms with van der Waals surface area (Å²) >= 11 is 0. The molecule has 0 aromatic carbocycles. The highest BCUT2D eigenvalue weighted by Gasteiger charge is 2.17. The van der Waals surface area contributed by atoms with Crippen molar-refractivity contribution in [3.8, 4) is 0 Å².